The third kappa shape index (κ3) is 3.52. The van der Waals surface area contributed by atoms with Crippen LogP contribution < -0.4 is 16.2 Å². The van der Waals surface area contributed by atoms with Crippen LogP contribution in [0, 0.1) is 0 Å². The number of nitrogens with two attached hydrogens (primary N) is 2. The first-order valence-corrected chi connectivity index (χ1v) is 7.20. The number of ether oxygens (including phenoxy) is 1. The van der Waals surface area contributed by atoms with Gasteiger partial charge in [-0.05, 0) is 29.7 Å². The van der Waals surface area contributed by atoms with Gasteiger partial charge in [0.05, 0.1) is 17.4 Å². The van der Waals surface area contributed by atoms with E-state index in [9.17, 15) is 4.79 Å². The zero-order chi connectivity index (χ0) is 15.6. The lowest BCUT2D eigenvalue weighted by molar-refractivity contribution is 0.100. The molecular weight excluding hydrogens is 334 g/mol. The van der Waals surface area contributed by atoms with Crippen LogP contribution >= 0.6 is 15.9 Å². The molecule has 1 heterocycles. The summed E-state index contributed by atoms with van der Waals surface area (Å²) in [7, 11) is 0. The van der Waals surface area contributed by atoms with Gasteiger partial charge in [-0.3, -0.25) is 4.79 Å². The van der Waals surface area contributed by atoms with E-state index in [2.05, 4.69) is 34.8 Å². The van der Waals surface area contributed by atoms with Crippen LogP contribution in [0.2, 0.25) is 0 Å². The number of carbonyl (C=O) groups excluding carboxylic acids is 1. The number of rotatable bonds is 4. The van der Waals surface area contributed by atoms with Gasteiger partial charge >= 0.3 is 0 Å². The maximum Gasteiger partial charge on any atom is 0.251 e. The van der Waals surface area contributed by atoms with Gasteiger partial charge in [0.15, 0.2) is 0 Å². The van der Waals surface area contributed by atoms with Crippen LogP contribution in [-0.2, 0) is 0 Å². The molecule has 0 bridgehead atoms. The molecule has 0 atom stereocenters. The van der Waals surface area contributed by atoms with E-state index < -0.39 is 5.91 Å². The second kappa shape index (κ2) is 6.13. The van der Waals surface area contributed by atoms with Crippen molar-refractivity contribution in [2.24, 2.45) is 5.73 Å². The maximum atomic E-state index is 11.3. The number of halogens is 1. The number of pyridine rings is 1. The molecule has 4 N–H and O–H groups in total. The number of amides is 1. The average molecular weight is 350 g/mol. The largest absolute Gasteiger partial charge is 0.439 e. The highest BCUT2D eigenvalue weighted by Crippen LogP contribution is 2.32. The van der Waals surface area contributed by atoms with E-state index in [0.29, 0.717) is 5.75 Å². The Morgan fingerprint density at radius 2 is 2.05 bits per heavy atom. The summed E-state index contributed by atoms with van der Waals surface area (Å²) in [6.45, 7) is 4.14. The average Bonchev–Trinajstić information content (AvgIpc) is 2.42. The van der Waals surface area contributed by atoms with Crippen molar-refractivity contribution in [2.75, 3.05) is 5.73 Å². The van der Waals surface area contributed by atoms with E-state index in [-0.39, 0.29) is 23.0 Å². The first kappa shape index (κ1) is 15.3. The van der Waals surface area contributed by atoms with Crippen molar-refractivity contribution in [3.63, 3.8) is 0 Å². The molecule has 0 aliphatic rings. The van der Waals surface area contributed by atoms with Gasteiger partial charge in [0.2, 0.25) is 5.88 Å². The number of hydrogen-bond acceptors (Lipinski definition) is 4. The standard InChI is InChI=1S/C15H16BrN3O2/c1-8(2)10-5-9(16)3-4-13(10)21-14-6-11(15(18)20)12(17)7-19-14/h3-8H,17H2,1-2H3,(H2,18,20). The minimum Gasteiger partial charge on any atom is -0.439 e. The molecule has 110 valence electrons. The summed E-state index contributed by atoms with van der Waals surface area (Å²) in [5.74, 6) is 0.629. The van der Waals surface area contributed by atoms with Crippen molar-refractivity contribution in [1.29, 1.82) is 0 Å². The summed E-state index contributed by atoms with van der Waals surface area (Å²) in [5, 5.41) is 0. The first-order chi connectivity index (χ1) is 9.88. The number of primary amides is 1. The van der Waals surface area contributed by atoms with Gasteiger partial charge in [0.1, 0.15) is 5.75 Å². The SMILES string of the molecule is CC(C)c1cc(Br)ccc1Oc1cc(C(N)=O)c(N)cn1. The quantitative estimate of drug-likeness (QED) is 0.884. The molecule has 0 radical (unpaired) electrons. The lowest BCUT2D eigenvalue weighted by Crippen LogP contribution is -2.14. The van der Waals surface area contributed by atoms with Crippen LogP contribution in [0.4, 0.5) is 5.69 Å². The van der Waals surface area contributed by atoms with Crippen molar-refractivity contribution in [2.45, 2.75) is 19.8 Å². The van der Waals surface area contributed by atoms with Crippen LogP contribution in [0.5, 0.6) is 11.6 Å². The number of aromatic nitrogens is 1. The first-order valence-electron chi connectivity index (χ1n) is 6.41. The molecule has 1 aromatic heterocycles. The van der Waals surface area contributed by atoms with Crippen LogP contribution in [0.25, 0.3) is 0 Å². The fourth-order valence-corrected chi connectivity index (χ4v) is 2.27. The van der Waals surface area contributed by atoms with Crippen LogP contribution in [0.3, 0.4) is 0 Å². The van der Waals surface area contributed by atoms with Gasteiger partial charge in [-0.2, -0.15) is 0 Å². The molecule has 6 heteroatoms. The Balaban J connectivity index is 2.39. The summed E-state index contributed by atoms with van der Waals surface area (Å²) < 4.78 is 6.75. The molecule has 1 amide bonds. The second-order valence-electron chi connectivity index (χ2n) is 4.91. The smallest absolute Gasteiger partial charge is 0.251 e. The fourth-order valence-electron chi connectivity index (χ4n) is 1.89. The fraction of sp³-hybridized carbons (Fsp3) is 0.200. The van der Waals surface area contributed by atoms with E-state index >= 15 is 0 Å². The predicted molar refractivity (Wildman–Crippen MR) is 85.5 cm³/mol. The van der Waals surface area contributed by atoms with Crippen LogP contribution in [0.1, 0.15) is 35.7 Å². The monoisotopic (exact) mass is 349 g/mol. The van der Waals surface area contributed by atoms with Crippen LogP contribution in [0.15, 0.2) is 34.9 Å². The third-order valence-corrected chi connectivity index (χ3v) is 3.48. The normalized spacial score (nSPS) is 10.7. The lowest BCUT2D eigenvalue weighted by Gasteiger charge is -2.14. The number of carbonyl (C=O) groups is 1. The zero-order valence-corrected chi connectivity index (χ0v) is 13.3. The Morgan fingerprint density at radius 1 is 1.33 bits per heavy atom. The van der Waals surface area contributed by atoms with Gasteiger partial charge < -0.3 is 16.2 Å². The van der Waals surface area contributed by atoms with Gasteiger partial charge in [-0.25, -0.2) is 4.98 Å². The Morgan fingerprint density at radius 3 is 2.67 bits per heavy atom. The van der Waals surface area contributed by atoms with E-state index in [0.717, 1.165) is 10.0 Å². The summed E-state index contributed by atoms with van der Waals surface area (Å²) in [6, 6.07) is 7.17. The van der Waals surface area contributed by atoms with E-state index in [1.807, 2.05) is 18.2 Å². The molecule has 2 rings (SSSR count). The van der Waals surface area contributed by atoms with Gasteiger partial charge in [-0.1, -0.05) is 29.8 Å². The molecule has 1 aromatic carbocycles. The van der Waals surface area contributed by atoms with Crippen molar-refractivity contribution in [1.82, 2.24) is 4.98 Å². The van der Waals surface area contributed by atoms with Crippen molar-refractivity contribution >= 4 is 27.5 Å². The number of nitrogen functional groups attached to an aromatic ring is 1. The highest BCUT2D eigenvalue weighted by atomic mass is 79.9. The summed E-state index contributed by atoms with van der Waals surface area (Å²) in [5.41, 5.74) is 12.4. The van der Waals surface area contributed by atoms with E-state index in [1.54, 1.807) is 0 Å². The molecule has 0 unspecified atom stereocenters. The van der Waals surface area contributed by atoms with Crippen LogP contribution in [-0.4, -0.2) is 10.9 Å². The molecule has 0 saturated heterocycles. The molecule has 0 aliphatic heterocycles. The van der Waals surface area contributed by atoms with Crippen molar-refractivity contribution in [3.8, 4) is 11.6 Å². The molecular formula is C15H16BrN3O2. The third-order valence-electron chi connectivity index (χ3n) is 2.98. The Labute approximate surface area is 131 Å². The number of hydrogen-bond donors (Lipinski definition) is 2. The van der Waals surface area contributed by atoms with Crippen molar-refractivity contribution < 1.29 is 9.53 Å². The highest BCUT2D eigenvalue weighted by Gasteiger charge is 2.13. The number of nitrogens with zero attached hydrogens (tertiary/aromatic N) is 1. The lowest BCUT2D eigenvalue weighted by atomic mass is 10.0. The molecule has 0 spiro atoms. The molecule has 2 aromatic rings. The van der Waals surface area contributed by atoms with Crippen molar-refractivity contribution in [3.05, 3.63) is 46.1 Å². The Hall–Kier alpha value is -2.08. The summed E-state index contributed by atoms with van der Waals surface area (Å²) in [6.07, 6.45) is 1.36. The van der Waals surface area contributed by atoms with E-state index in [4.69, 9.17) is 16.2 Å². The number of benzene rings is 1. The predicted octanol–water partition coefficient (Wildman–Crippen LogP) is 3.44. The summed E-state index contributed by atoms with van der Waals surface area (Å²) >= 11 is 3.44. The second-order valence-corrected chi connectivity index (χ2v) is 5.83. The minimum atomic E-state index is -0.611. The number of anilines is 1. The Kier molecular flexibility index (Phi) is 4.47. The highest BCUT2D eigenvalue weighted by molar-refractivity contribution is 9.10. The molecule has 0 aliphatic carbocycles. The molecule has 0 saturated carbocycles. The van der Waals surface area contributed by atoms with Gasteiger partial charge in [0, 0.05) is 10.5 Å². The molecule has 0 fully saturated rings. The van der Waals surface area contributed by atoms with Gasteiger partial charge in [-0.15, -0.1) is 0 Å². The zero-order valence-electron chi connectivity index (χ0n) is 11.8. The topological polar surface area (TPSA) is 91.2 Å². The maximum absolute atomic E-state index is 11.3. The van der Waals surface area contributed by atoms with E-state index in [1.165, 1.54) is 12.3 Å². The Bertz CT molecular complexity index is 687. The van der Waals surface area contributed by atoms with Gasteiger partial charge in [0.25, 0.3) is 5.91 Å². The minimum absolute atomic E-state index is 0.197. The molecule has 5 nitrogen and oxygen atoms in total. The molecule has 21 heavy (non-hydrogen) atoms. The summed E-state index contributed by atoms with van der Waals surface area (Å²) in [4.78, 5) is 15.4.